The summed E-state index contributed by atoms with van der Waals surface area (Å²) in [6, 6.07) is 4.93. The molecule has 1 aliphatic rings. The lowest BCUT2D eigenvalue weighted by Crippen LogP contribution is -2.34. The van der Waals surface area contributed by atoms with Crippen molar-refractivity contribution >= 4 is 23.5 Å². The molecule has 0 spiro atoms. The number of allylic oxidation sites excluding steroid dienone is 1. The lowest BCUT2D eigenvalue weighted by Gasteiger charge is -2.23. The first-order valence-corrected chi connectivity index (χ1v) is 9.77. The van der Waals surface area contributed by atoms with Gasteiger partial charge in [-0.2, -0.15) is 13.2 Å². The standard InChI is InChI=1S/C22H17ClF5NO3/c1-32-21(31)19(15-6-4-13(24)10-17(15)23)11-2-5-14(8-11)29-20(30)12-3-7-16(18(25)9-12)22(26,27)28/h2-7,9-11,14,19H,8H2,1H3,(H,29,30)/t11-,14-,19-/m0/s1. The molecule has 0 unspecified atom stereocenters. The molecule has 1 N–H and O–H groups in total. The number of methoxy groups -OCH3 is 1. The first kappa shape index (κ1) is 23.7. The molecular weight excluding hydrogens is 457 g/mol. The number of benzene rings is 2. The first-order valence-electron chi connectivity index (χ1n) is 9.40. The minimum Gasteiger partial charge on any atom is -0.469 e. The van der Waals surface area contributed by atoms with Gasteiger partial charge in [0.05, 0.1) is 18.6 Å². The van der Waals surface area contributed by atoms with Gasteiger partial charge in [-0.05, 0) is 48.2 Å². The van der Waals surface area contributed by atoms with Crippen LogP contribution in [0.4, 0.5) is 22.0 Å². The molecular formula is C22H17ClF5NO3. The van der Waals surface area contributed by atoms with Crippen LogP contribution in [0.1, 0.15) is 33.8 Å². The minimum absolute atomic E-state index is 0.0431. The Labute approximate surface area is 185 Å². The topological polar surface area (TPSA) is 55.4 Å². The summed E-state index contributed by atoms with van der Waals surface area (Å²) >= 11 is 6.11. The van der Waals surface area contributed by atoms with Crippen molar-refractivity contribution in [3.63, 3.8) is 0 Å². The maximum Gasteiger partial charge on any atom is 0.419 e. The maximum atomic E-state index is 13.8. The number of hydrogen-bond donors (Lipinski definition) is 1. The first-order chi connectivity index (χ1) is 15.0. The molecule has 1 amide bonds. The second-order valence-corrected chi connectivity index (χ2v) is 7.63. The van der Waals surface area contributed by atoms with Crippen LogP contribution in [0.5, 0.6) is 0 Å². The molecule has 4 nitrogen and oxygen atoms in total. The van der Waals surface area contributed by atoms with Crippen LogP contribution in [0.2, 0.25) is 5.02 Å². The fraction of sp³-hybridized carbons (Fsp3) is 0.273. The Morgan fingerprint density at radius 3 is 2.44 bits per heavy atom. The van der Waals surface area contributed by atoms with Crippen molar-refractivity contribution < 1.29 is 36.3 Å². The smallest absolute Gasteiger partial charge is 0.419 e. The monoisotopic (exact) mass is 473 g/mol. The number of alkyl halides is 3. The van der Waals surface area contributed by atoms with Gasteiger partial charge in [0.15, 0.2) is 0 Å². The summed E-state index contributed by atoms with van der Waals surface area (Å²) in [6.07, 6.45) is -1.36. The molecule has 2 aromatic rings. The molecule has 0 fully saturated rings. The molecule has 0 saturated heterocycles. The highest BCUT2D eigenvalue weighted by Crippen LogP contribution is 2.38. The molecule has 0 radical (unpaired) electrons. The summed E-state index contributed by atoms with van der Waals surface area (Å²) in [5.41, 5.74) is -1.39. The third-order valence-corrected chi connectivity index (χ3v) is 5.48. The molecule has 10 heteroatoms. The van der Waals surface area contributed by atoms with Gasteiger partial charge >= 0.3 is 12.1 Å². The van der Waals surface area contributed by atoms with Gasteiger partial charge in [-0.3, -0.25) is 9.59 Å². The summed E-state index contributed by atoms with van der Waals surface area (Å²) in [5.74, 6) is -4.83. The Kier molecular flexibility index (Phi) is 6.88. The van der Waals surface area contributed by atoms with Crippen LogP contribution in [-0.4, -0.2) is 25.0 Å². The van der Waals surface area contributed by atoms with E-state index in [1.54, 1.807) is 12.2 Å². The van der Waals surface area contributed by atoms with E-state index in [9.17, 15) is 31.5 Å². The van der Waals surface area contributed by atoms with Crippen molar-refractivity contribution in [2.45, 2.75) is 24.6 Å². The number of esters is 1. The van der Waals surface area contributed by atoms with Crippen molar-refractivity contribution in [1.29, 1.82) is 0 Å². The van der Waals surface area contributed by atoms with Crippen LogP contribution in [0.3, 0.4) is 0 Å². The zero-order valence-corrected chi connectivity index (χ0v) is 17.3. The van der Waals surface area contributed by atoms with E-state index in [0.29, 0.717) is 17.7 Å². The summed E-state index contributed by atoms with van der Waals surface area (Å²) in [5, 5.41) is 2.62. The average molecular weight is 474 g/mol. The zero-order chi connectivity index (χ0) is 23.6. The quantitative estimate of drug-likeness (QED) is 0.366. The molecule has 170 valence electrons. The normalized spacial score (nSPS) is 19.0. The van der Waals surface area contributed by atoms with Crippen molar-refractivity contribution in [2.24, 2.45) is 5.92 Å². The van der Waals surface area contributed by atoms with Crippen LogP contribution in [0, 0.1) is 17.6 Å². The van der Waals surface area contributed by atoms with Crippen LogP contribution in [0.15, 0.2) is 48.6 Å². The van der Waals surface area contributed by atoms with Gasteiger partial charge in [-0.1, -0.05) is 29.8 Å². The Balaban J connectivity index is 1.74. The van der Waals surface area contributed by atoms with E-state index in [4.69, 9.17) is 16.3 Å². The van der Waals surface area contributed by atoms with Gasteiger partial charge in [0.2, 0.25) is 0 Å². The van der Waals surface area contributed by atoms with Crippen molar-refractivity contribution in [3.05, 3.63) is 81.9 Å². The summed E-state index contributed by atoms with van der Waals surface area (Å²) in [6.45, 7) is 0. The molecule has 32 heavy (non-hydrogen) atoms. The minimum atomic E-state index is -4.87. The second-order valence-electron chi connectivity index (χ2n) is 7.22. The third-order valence-electron chi connectivity index (χ3n) is 5.15. The van der Waals surface area contributed by atoms with E-state index < -0.39 is 53.1 Å². The van der Waals surface area contributed by atoms with Crippen molar-refractivity contribution in [2.75, 3.05) is 7.11 Å². The predicted molar refractivity (Wildman–Crippen MR) is 106 cm³/mol. The summed E-state index contributed by atoms with van der Waals surface area (Å²) in [7, 11) is 1.20. The van der Waals surface area contributed by atoms with Crippen LogP contribution < -0.4 is 5.32 Å². The number of halogens is 6. The highest BCUT2D eigenvalue weighted by Gasteiger charge is 2.36. The van der Waals surface area contributed by atoms with Crippen LogP contribution in [-0.2, 0) is 15.7 Å². The van der Waals surface area contributed by atoms with E-state index in [0.717, 1.165) is 18.2 Å². The SMILES string of the molecule is COC(=O)[C@H](c1ccc(F)cc1Cl)[C@H]1C=C[C@H](NC(=O)c2ccc(C(F)(F)F)c(F)c2)C1. The number of rotatable bonds is 5. The van der Waals surface area contributed by atoms with Gasteiger partial charge in [0, 0.05) is 16.6 Å². The molecule has 0 bridgehead atoms. The molecule has 0 heterocycles. The molecule has 2 aromatic carbocycles. The largest absolute Gasteiger partial charge is 0.469 e. The average Bonchev–Trinajstić information content (AvgIpc) is 3.16. The Hall–Kier alpha value is -2.94. The molecule has 3 atom stereocenters. The maximum absolute atomic E-state index is 13.8. The zero-order valence-electron chi connectivity index (χ0n) is 16.6. The van der Waals surface area contributed by atoms with Gasteiger partial charge in [0.1, 0.15) is 11.6 Å². The Morgan fingerprint density at radius 1 is 1.12 bits per heavy atom. The Morgan fingerprint density at radius 2 is 1.84 bits per heavy atom. The van der Waals surface area contributed by atoms with Crippen molar-refractivity contribution in [1.82, 2.24) is 5.32 Å². The van der Waals surface area contributed by atoms with E-state index in [2.05, 4.69) is 5.32 Å². The summed E-state index contributed by atoms with van der Waals surface area (Å²) in [4.78, 5) is 24.8. The lowest BCUT2D eigenvalue weighted by atomic mass is 9.85. The molecule has 0 aliphatic heterocycles. The van der Waals surface area contributed by atoms with E-state index in [1.807, 2.05) is 0 Å². The molecule has 0 saturated carbocycles. The fourth-order valence-corrected chi connectivity index (χ4v) is 3.92. The number of amides is 1. The molecule has 0 aromatic heterocycles. The van der Waals surface area contributed by atoms with E-state index >= 15 is 0 Å². The van der Waals surface area contributed by atoms with Crippen LogP contribution in [0.25, 0.3) is 0 Å². The van der Waals surface area contributed by atoms with Gasteiger partial charge < -0.3 is 10.1 Å². The van der Waals surface area contributed by atoms with Gasteiger partial charge in [0.25, 0.3) is 5.91 Å². The van der Waals surface area contributed by atoms with Crippen molar-refractivity contribution in [3.8, 4) is 0 Å². The third kappa shape index (κ3) is 5.09. The number of nitrogens with one attached hydrogen (secondary N) is 1. The number of ether oxygens (including phenoxy) is 1. The van der Waals surface area contributed by atoms with Crippen LogP contribution >= 0.6 is 11.6 Å². The molecule has 3 rings (SSSR count). The van der Waals surface area contributed by atoms with Gasteiger partial charge in [-0.25, -0.2) is 8.78 Å². The Bertz CT molecular complexity index is 1070. The number of carbonyl (C=O) groups excluding carboxylic acids is 2. The molecule has 1 aliphatic carbocycles. The van der Waals surface area contributed by atoms with E-state index in [-0.39, 0.29) is 17.0 Å². The summed E-state index contributed by atoms with van der Waals surface area (Å²) < 4.78 is 70.1. The fourth-order valence-electron chi connectivity index (χ4n) is 3.63. The van der Waals surface area contributed by atoms with Gasteiger partial charge in [-0.15, -0.1) is 0 Å². The lowest BCUT2D eigenvalue weighted by molar-refractivity contribution is -0.143. The predicted octanol–water partition coefficient (Wildman–Crippen LogP) is 5.27. The highest BCUT2D eigenvalue weighted by molar-refractivity contribution is 6.31. The second kappa shape index (κ2) is 9.28. The number of hydrogen-bond acceptors (Lipinski definition) is 3. The van der Waals surface area contributed by atoms with E-state index in [1.165, 1.54) is 13.2 Å². The number of carbonyl (C=O) groups is 2. The highest BCUT2D eigenvalue weighted by atomic mass is 35.5.